The molecule has 0 spiro atoms. The normalized spacial score (nSPS) is 10.7. The second-order valence-electron chi connectivity index (χ2n) is 4.54. The first-order valence-corrected chi connectivity index (χ1v) is 7.80. The predicted molar refractivity (Wildman–Crippen MR) is 83.4 cm³/mol. The SMILES string of the molecule is Oc1ccc(-n2nnnc2SCCOc2ccc(F)cc2)cc1. The Bertz CT molecular complexity index is 762. The lowest BCUT2D eigenvalue weighted by atomic mass is 10.3. The summed E-state index contributed by atoms with van der Waals surface area (Å²) >= 11 is 1.44. The number of hydrogen-bond donors (Lipinski definition) is 1. The smallest absolute Gasteiger partial charge is 0.214 e. The Morgan fingerprint density at radius 3 is 2.57 bits per heavy atom. The van der Waals surface area contributed by atoms with Gasteiger partial charge in [0.15, 0.2) is 0 Å². The molecule has 0 atom stereocenters. The summed E-state index contributed by atoms with van der Waals surface area (Å²) in [5.41, 5.74) is 0.759. The van der Waals surface area contributed by atoms with Gasteiger partial charge in [0, 0.05) is 5.75 Å². The lowest BCUT2D eigenvalue weighted by Crippen LogP contribution is -2.03. The fourth-order valence-corrected chi connectivity index (χ4v) is 2.56. The van der Waals surface area contributed by atoms with Gasteiger partial charge in [-0.2, -0.15) is 4.68 Å². The van der Waals surface area contributed by atoms with Crippen molar-refractivity contribution in [3.8, 4) is 17.2 Å². The number of benzene rings is 2. The van der Waals surface area contributed by atoms with Crippen molar-refractivity contribution in [1.29, 1.82) is 0 Å². The van der Waals surface area contributed by atoms with Crippen LogP contribution in [0.25, 0.3) is 5.69 Å². The van der Waals surface area contributed by atoms with Crippen LogP contribution < -0.4 is 4.74 Å². The van der Waals surface area contributed by atoms with Crippen LogP contribution in [-0.2, 0) is 0 Å². The van der Waals surface area contributed by atoms with Crippen LogP contribution in [0.4, 0.5) is 4.39 Å². The molecule has 2 aromatic carbocycles. The minimum atomic E-state index is -0.292. The van der Waals surface area contributed by atoms with Gasteiger partial charge in [-0.15, -0.1) is 5.10 Å². The summed E-state index contributed by atoms with van der Waals surface area (Å²) in [5, 5.41) is 21.5. The van der Waals surface area contributed by atoms with Gasteiger partial charge in [-0.05, 0) is 59.0 Å². The third-order valence-electron chi connectivity index (χ3n) is 2.93. The molecule has 0 fully saturated rings. The van der Waals surface area contributed by atoms with E-state index in [0.717, 1.165) is 5.69 Å². The van der Waals surface area contributed by atoms with Gasteiger partial charge in [-0.1, -0.05) is 11.8 Å². The van der Waals surface area contributed by atoms with E-state index >= 15 is 0 Å². The molecular formula is C15H13FN4O2S. The molecule has 23 heavy (non-hydrogen) atoms. The molecule has 0 bridgehead atoms. The monoisotopic (exact) mass is 332 g/mol. The molecule has 0 radical (unpaired) electrons. The molecule has 1 N–H and O–H groups in total. The Morgan fingerprint density at radius 1 is 1.09 bits per heavy atom. The molecule has 0 saturated heterocycles. The Hall–Kier alpha value is -2.61. The fraction of sp³-hybridized carbons (Fsp3) is 0.133. The van der Waals surface area contributed by atoms with Crippen LogP contribution >= 0.6 is 11.8 Å². The Kier molecular flexibility index (Phi) is 4.72. The van der Waals surface area contributed by atoms with Crippen LogP contribution in [0.3, 0.4) is 0 Å². The number of hydrogen-bond acceptors (Lipinski definition) is 6. The van der Waals surface area contributed by atoms with Crippen molar-refractivity contribution in [2.75, 3.05) is 12.4 Å². The van der Waals surface area contributed by atoms with E-state index in [2.05, 4.69) is 15.5 Å². The molecule has 3 aromatic rings. The molecule has 0 aliphatic carbocycles. The lowest BCUT2D eigenvalue weighted by molar-refractivity contribution is 0.343. The van der Waals surface area contributed by atoms with Crippen molar-refractivity contribution in [3.63, 3.8) is 0 Å². The highest BCUT2D eigenvalue weighted by Crippen LogP contribution is 2.20. The average molecular weight is 332 g/mol. The summed E-state index contributed by atoms with van der Waals surface area (Å²) < 4.78 is 19.9. The molecule has 1 aromatic heterocycles. The van der Waals surface area contributed by atoms with Gasteiger partial charge in [-0.3, -0.25) is 0 Å². The summed E-state index contributed by atoms with van der Waals surface area (Å²) in [5.74, 6) is 1.14. The highest BCUT2D eigenvalue weighted by atomic mass is 32.2. The largest absolute Gasteiger partial charge is 0.508 e. The molecule has 0 aliphatic rings. The zero-order chi connectivity index (χ0) is 16.1. The van der Waals surface area contributed by atoms with Gasteiger partial charge in [0.05, 0.1) is 12.3 Å². The third kappa shape index (κ3) is 3.98. The highest BCUT2D eigenvalue weighted by Gasteiger charge is 2.09. The summed E-state index contributed by atoms with van der Waals surface area (Å²) in [7, 11) is 0. The van der Waals surface area contributed by atoms with E-state index in [9.17, 15) is 9.50 Å². The van der Waals surface area contributed by atoms with E-state index in [1.165, 1.54) is 23.9 Å². The van der Waals surface area contributed by atoms with Crippen molar-refractivity contribution >= 4 is 11.8 Å². The molecule has 118 valence electrons. The number of ether oxygens (including phenoxy) is 1. The summed E-state index contributed by atoms with van der Waals surface area (Å²) in [6.45, 7) is 0.443. The minimum absolute atomic E-state index is 0.184. The number of halogens is 1. The molecule has 0 saturated carbocycles. The number of phenols is 1. The average Bonchev–Trinajstić information content (AvgIpc) is 3.02. The Morgan fingerprint density at radius 2 is 1.83 bits per heavy atom. The minimum Gasteiger partial charge on any atom is -0.508 e. The van der Waals surface area contributed by atoms with Crippen LogP contribution in [0.2, 0.25) is 0 Å². The number of aromatic hydroxyl groups is 1. The van der Waals surface area contributed by atoms with Crippen molar-refractivity contribution < 1.29 is 14.2 Å². The Labute approximate surface area is 135 Å². The molecule has 6 nitrogen and oxygen atoms in total. The topological polar surface area (TPSA) is 73.1 Å². The molecular weight excluding hydrogens is 319 g/mol. The summed E-state index contributed by atoms with van der Waals surface area (Å²) in [4.78, 5) is 0. The first-order chi connectivity index (χ1) is 11.2. The maximum atomic E-state index is 12.8. The van der Waals surface area contributed by atoms with Crippen molar-refractivity contribution in [3.05, 3.63) is 54.3 Å². The van der Waals surface area contributed by atoms with Gasteiger partial charge in [0.1, 0.15) is 17.3 Å². The third-order valence-corrected chi connectivity index (χ3v) is 3.82. The van der Waals surface area contributed by atoms with Gasteiger partial charge in [0.25, 0.3) is 0 Å². The van der Waals surface area contributed by atoms with E-state index in [4.69, 9.17) is 4.74 Å². The van der Waals surface area contributed by atoms with Crippen LogP contribution in [0.15, 0.2) is 53.7 Å². The zero-order valence-corrected chi connectivity index (χ0v) is 12.8. The van der Waals surface area contributed by atoms with Gasteiger partial charge < -0.3 is 9.84 Å². The van der Waals surface area contributed by atoms with Crippen molar-refractivity contribution in [2.24, 2.45) is 0 Å². The number of tetrazole rings is 1. The molecule has 0 unspecified atom stereocenters. The van der Waals surface area contributed by atoms with Crippen molar-refractivity contribution in [1.82, 2.24) is 20.2 Å². The quantitative estimate of drug-likeness (QED) is 0.553. The van der Waals surface area contributed by atoms with Crippen LogP contribution in [0.5, 0.6) is 11.5 Å². The number of nitrogens with zero attached hydrogens (tertiary/aromatic N) is 4. The number of rotatable bonds is 6. The molecule has 0 aliphatic heterocycles. The van der Waals surface area contributed by atoms with E-state index in [0.29, 0.717) is 23.3 Å². The molecule has 1 heterocycles. The molecule has 3 rings (SSSR count). The second-order valence-corrected chi connectivity index (χ2v) is 5.60. The van der Waals surface area contributed by atoms with Gasteiger partial charge in [0.2, 0.25) is 5.16 Å². The summed E-state index contributed by atoms with van der Waals surface area (Å²) in [6, 6.07) is 12.5. The molecule has 8 heteroatoms. The van der Waals surface area contributed by atoms with E-state index < -0.39 is 0 Å². The van der Waals surface area contributed by atoms with Gasteiger partial charge >= 0.3 is 0 Å². The van der Waals surface area contributed by atoms with Gasteiger partial charge in [-0.25, -0.2) is 4.39 Å². The number of thioether (sulfide) groups is 1. The lowest BCUT2D eigenvalue weighted by Gasteiger charge is -2.06. The first kappa shape index (κ1) is 15.3. The van der Waals surface area contributed by atoms with E-state index in [1.807, 2.05) is 0 Å². The van der Waals surface area contributed by atoms with Crippen LogP contribution in [-0.4, -0.2) is 37.7 Å². The van der Waals surface area contributed by atoms with Crippen molar-refractivity contribution in [2.45, 2.75) is 5.16 Å². The fourth-order valence-electron chi connectivity index (χ4n) is 1.85. The van der Waals surface area contributed by atoms with E-state index in [1.54, 1.807) is 41.1 Å². The number of aromatic nitrogens is 4. The maximum absolute atomic E-state index is 12.8. The molecule has 0 amide bonds. The highest BCUT2D eigenvalue weighted by molar-refractivity contribution is 7.99. The van der Waals surface area contributed by atoms with Crippen LogP contribution in [0, 0.1) is 5.82 Å². The standard InChI is InChI=1S/C15H13FN4O2S/c16-11-1-7-14(8-2-11)22-9-10-23-15-17-18-19-20(15)12-3-5-13(21)6-4-12/h1-8,21H,9-10H2. The zero-order valence-electron chi connectivity index (χ0n) is 12.0. The summed E-state index contributed by atoms with van der Waals surface area (Å²) in [6.07, 6.45) is 0. The second kappa shape index (κ2) is 7.10. The number of phenolic OH excluding ortho intramolecular Hbond substituents is 1. The maximum Gasteiger partial charge on any atom is 0.214 e. The van der Waals surface area contributed by atoms with Crippen LogP contribution in [0.1, 0.15) is 0 Å². The predicted octanol–water partition coefficient (Wildman–Crippen LogP) is 2.68. The Balaban J connectivity index is 1.56. The van der Waals surface area contributed by atoms with E-state index in [-0.39, 0.29) is 11.6 Å². The first-order valence-electron chi connectivity index (χ1n) is 6.81.